The number of rotatable bonds is 4. The lowest BCUT2D eigenvalue weighted by Crippen LogP contribution is -2.33. The third-order valence-electron chi connectivity index (χ3n) is 3.80. The molecule has 1 aliphatic rings. The zero-order chi connectivity index (χ0) is 13.2. The predicted octanol–water partition coefficient (Wildman–Crippen LogP) is -0.210. The molecule has 0 aliphatic carbocycles. The highest BCUT2D eigenvalue weighted by Crippen LogP contribution is 2.08. The van der Waals surface area contributed by atoms with Crippen LogP contribution in [0.1, 0.15) is 6.42 Å². The quantitative estimate of drug-likeness (QED) is 0.827. The maximum atomic E-state index is 12.1. The normalized spacial score (nSPS) is 20.4. The van der Waals surface area contributed by atoms with Crippen LogP contribution < -0.4 is 11.0 Å². The van der Waals surface area contributed by atoms with E-state index >= 15 is 0 Å². The number of pyridine rings is 1. The van der Waals surface area contributed by atoms with Crippen LogP contribution in [0.3, 0.4) is 0 Å². The van der Waals surface area contributed by atoms with Crippen molar-refractivity contribution in [1.82, 2.24) is 24.4 Å². The third-order valence-corrected chi connectivity index (χ3v) is 3.80. The molecule has 6 nitrogen and oxygen atoms in total. The van der Waals surface area contributed by atoms with Crippen molar-refractivity contribution in [3.8, 4) is 0 Å². The van der Waals surface area contributed by atoms with Crippen molar-refractivity contribution in [2.75, 3.05) is 26.7 Å². The highest BCUT2D eigenvalue weighted by molar-refractivity contribution is 5.35. The highest BCUT2D eigenvalue weighted by Gasteiger charge is 2.20. The Balaban J connectivity index is 1.69. The Bertz CT molecular complexity index is 617. The Morgan fingerprint density at radius 2 is 2.32 bits per heavy atom. The maximum Gasteiger partial charge on any atom is 0.350 e. The number of nitrogens with zero attached hydrogens (tertiary/aromatic N) is 4. The zero-order valence-electron chi connectivity index (χ0n) is 11.1. The molecule has 1 atom stereocenters. The van der Waals surface area contributed by atoms with Crippen molar-refractivity contribution in [1.29, 1.82) is 0 Å². The third kappa shape index (κ3) is 2.41. The Morgan fingerprint density at radius 3 is 3.05 bits per heavy atom. The van der Waals surface area contributed by atoms with E-state index in [9.17, 15) is 4.79 Å². The Labute approximate surface area is 111 Å². The summed E-state index contributed by atoms with van der Waals surface area (Å²) in [5.74, 6) is 0. The summed E-state index contributed by atoms with van der Waals surface area (Å²) < 4.78 is 3.14. The van der Waals surface area contributed by atoms with E-state index in [4.69, 9.17) is 0 Å². The fourth-order valence-electron chi connectivity index (χ4n) is 2.62. The van der Waals surface area contributed by atoms with Gasteiger partial charge in [0.25, 0.3) is 0 Å². The number of aromatic nitrogens is 3. The first-order valence-electron chi connectivity index (χ1n) is 6.72. The predicted molar refractivity (Wildman–Crippen MR) is 73.4 cm³/mol. The first-order valence-corrected chi connectivity index (χ1v) is 6.72. The van der Waals surface area contributed by atoms with E-state index in [1.165, 1.54) is 6.42 Å². The molecule has 3 heterocycles. The van der Waals surface area contributed by atoms with E-state index in [1.807, 2.05) is 25.2 Å². The van der Waals surface area contributed by atoms with Crippen LogP contribution in [0.25, 0.3) is 5.65 Å². The lowest BCUT2D eigenvalue weighted by Gasteiger charge is -2.14. The number of hydrogen-bond donors (Lipinski definition) is 1. The minimum Gasteiger partial charge on any atom is -0.316 e. The minimum atomic E-state index is -0.0556. The molecule has 1 N–H and O–H groups in total. The molecule has 0 radical (unpaired) electrons. The van der Waals surface area contributed by atoms with Crippen molar-refractivity contribution < 1.29 is 0 Å². The van der Waals surface area contributed by atoms with E-state index in [2.05, 4.69) is 15.3 Å². The van der Waals surface area contributed by atoms with Crippen LogP contribution in [0, 0.1) is 0 Å². The lowest BCUT2D eigenvalue weighted by atomic mass is 10.3. The molecule has 0 saturated carbocycles. The van der Waals surface area contributed by atoms with Crippen LogP contribution in [0.2, 0.25) is 0 Å². The Kier molecular flexibility index (Phi) is 3.35. The molecule has 0 spiro atoms. The fraction of sp³-hybridized carbons (Fsp3) is 0.538. The van der Waals surface area contributed by atoms with Gasteiger partial charge in [0.05, 0.1) is 6.54 Å². The van der Waals surface area contributed by atoms with Gasteiger partial charge in [0, 0.05) is 25.3 Å². The van der Waals surface area contributed by atoms with Gasteiger partial charge < -0.3 is 5.32 Å². The largest absolute Gasteiger partial charge is 0.350 e. The van der Waals surface area contributed by atoms with Gasteiger partial charge >= 0.3 is 5.69 Å². The second-order valence-corrected chi connectivity index (χ2v) is 5.01. The summed E-state index contributed by atoms with van der Waals surface area (Å²) in [6.45, 7) is 3.67. The molecule has 19 heavy (non-hydrogen) atoms. The first-order chi connectivity index (χ1) is 9.28. The molecule has 1 aliphatic heterocycles. The molecule has 1 unspecified atom stereocenters. The Morgan fingerprint density at radius 1 is 1.42 bits per heavy atom. The number of fused-ring (bicyclic) bond motifs is 1. The van der Waals surface area contributed by atoms with Gasteiger partial charge in [-0.15, -0.1) is 5.10 Å². The summed E-state index contributed by atoms with van der Waals surface area (Å²) in [5, 5.41) is 7.63. The van der Waals surface area contributed by atoms with Crippen LogP contribution in [0.15, 0.2) is 29.2 Å². The van der Waals surface area contributed by atoms with Crippen LogP contribution >= 0.6 is 0 Å². The summed E-state index contributed by atoms with van der Waals surface area (Å²) in [6.07, 6.45) is 2.94. The van der Waals surface area contributed by atoms with Crippen molar-refractivity contribution in [3.05, 3.63) is 34.9 Å². The van der Waals surface area contributed by atoms with Crippen molar-refractivity contribution >= 4 is 5.65 Å². The molecule has 1 fully saturated rings. The summed E-state index contributed by atoms with van der Waals surface area (Å²) >= 11 is 0. The van der Waals surface area contributed by atoms with Crippen LogP contribution in [-0.4, -0.2) is 51.8 Å². The Hall–Kier alpha value is -1.66. The van der Waals surface area contributed by atoms with Crippen LogP contribution in [0.4, 0.5) is 0 Å². The van der Waals surface area contributed by atoms with Gasteiger partial charge in [0.15, 0.2) is 5.65 Å². The van der Waals surface area contributed by atoms with Gasteiger partial charge in [0.1, 0.15) is 0 Å². The average Bonchev–Trinajstić information content (AvgIpc) is 3.02. The molecule has 0 amide bonds. The fourth-order valence-corrected chi connectivity index (χ4v) is 2.62. The van der Waals surface area contributed by atoms with Crippen molar-refractivity contribution in [2.24, 2.45) is 0 Å². The van der Waals surface area contributed by atoms with E-state index in [-0.39, 0.29) is 5.69 Å². The standard InChI is InChI=1S/C13H19N5O/c1-14-11-5-7-16(10-11)8-9-18-13(19)17-6-3-2-4-12(17)15-18/h2-4,6,11,14H,5,7-10H2,1H3. The number of nitrogens with one attached hydrogen (secondary N) is 1. The van der Waals surface area contributed by atoms with E-state index in [1.54, 1.807) is 15.3 Å². The number of hydrogen-bond acceptors (Lipinski definition) is 4. The van der Waals surface area contributed by atoms with E-state index in [0.717, 1.165) is 19.6 Å². The lowest BCUT2D eigenvalue weighted by molar-refractivity contribution is 0.306. The molecule has 3 rings (SSSR count). The van der Waals surface area contributed by atoms with Gasteiger partial charge in [-0.05, 0) is 32.1 Å². The van der Waals surface area contributed by atoms with Gasteiger partial charge in [0.2, 0.25) is 0 Å². The molecule has 0 aromatic carbocycles. The molecular weight excluding hydrogens is 242 g/mol. The number of likely N-dealkylation sites (tertiary alicyclic amines) is 1. The zero-order valence-corrected chi connectivity index (χ0v) is 11.1. The number of likely N-dealkylation sites (N-methyl/N-ethyl adjacent to an activating group) is 1. The minimum absolute atomic E-state index is 0.0556. The molecule has 102 valence electrons. The van der Waals surface area contributed by atoms with Crippen LogP contribution in [-0.2, 0) is 6.54 Å². The molecular formula is C13H19N5O. The summed E-state index contributed by atoms with van der Waals surface area (Å²) in [7, 11) is 2.00. The summed E-state index contributed by atoms with van der Waals surface area (Å²) in [6, 6.07) is 6.17. The molecule has 2 aromatic heterocycles. The summed E-state index contributed by atoms with van der Waals surface area (Å²) in [5.41, 5.74) is 0.655. The molecule has 1 saturated heterocycles. The second kappa shape index (κ2) is 5.14. The monoisotopic (exact) mass is 261 g/mol. The summed E-state index contributed by atoms with van der Waals surface area (Å²) in [4.78, 5) is 14.5. The van der Waals surface area contributed by atoms with Gasteiger partial charge in [-0.1, -0.05) is 6.07 Å². The molecule has 2 aromatic rings. The highest BCUT2D eigenvalue weighted by atomic mass is 16.2. The van der Waals surface area contributed by atoms with Crippen LogP contribution in [0.5, 0.6) is 0 Å². The second-order valence-electron chi connectivity index (χ2n) is 5.01. The van der Waals surface area contributed by atoms with E-state index in [0.29, 0.717) is 18.2 Å². The molecule has 6 heteroatoms. The van der Waals surface area contributed by atoms with E-state index < -0.39 is 0 Å². The van der Waals surface area contributed by atoms with Crippen molar-refractivity contribution in [2.45, 2.75) is 19.0 Å². The smallest absolute Gasteiger partial charge is 0.316 e. The SMILES string of the molecule is CNC1CCN(CCn2nc3ccccn3c2=O)C1. The van der Waals surface area contributed by atoms with Gasteiger partial charge in [-0.2, -0.15) is 0 Å². The van der Waals surface area contributed by atoms with Crippen molar-refractivity contribution in [3.63, 3.8) is 0 Å². The average molecular weight is 261 g/mol. The first kappa shape index (κ1) is 12.4. The topological polar surface area (TPSA) is 54.6 Å². The molecule has 0 bridgehead atoms. The van der Waals surface area contributed by atoms with Gasteiger partial charge in [-0.25, -0.2) is 9.48 Å². The van der Waals surface area contributed by atoms with Gasteiger partial charge in [-0.3, -0.25) is 9.30 Å². The maximum absolute atomic E-state index is 12.1.